The molecule has 0 atom stereocenters. The van der Waals surface area contributed by atoms with Crippen molar-refractivity contribution in [2.75, 3.05) is 22.1 Å². The molecular weight excluding hydrogens is 383 g/mol. The van der Waals surface area contributed by atoms with Crippen molar-refractivity contribution in [2.24, 2.45) is 0 Å². The largest absolute Gasteiger partial charge is 0.325 e. The van der Waals surface area contributed by atoms with E-state index in [4.69, 9.17) is 0 Å². The third-order valence-electron chi connectivity index (χ3n) is 3.86. The van der Waals surface area contributed by atoms with Crippen LogP contribution in [0, 0.1) is 5.82 Å². The fourth-order valence-corrected chi connectivity index (χ4v) is 3.48. The molecule has 0 aliphatic carbocycles. The molecule has 2 amide bonds. The number of sulfone groups is 1. The van der Waals surface area contributed by atoms with Gasteiger partial charge in [-0.3, -0.25) is 9.59 Å². The molecule has 2 rings (SSSR count). The highest BCUT2D eigenvalue weighted by Crippen LogP contribution is 2.23. The normalized spacial score (nSPS) is 11.7. The molecule has 0 fully saturated rings. The molecule has 150 valence electrons. The average molecular weight is 406 g/mol. The van der Waals surface area contributed by atoms with Crippen LogP contribution < -0.4 is 10.6 Å². The third-order valence-corrected chi connectivity index (χ3v) is 5.27. The minimum atomic E-state index is -3.96. The molecule has 2 aromatic carbocycles. The summed E-state index contributed by atoms with van der Waals surface area (Å²) in [6.45, 7) is 6.18. The number of carbonyl (C=O) groups is 2. The number of anilines is 2. The lowest BCUT2D eigenvalue weighted by atomic mass is 9.87. The molecule has 0 saturated heterocycles. The molecule has 2 aromatic rings. The van der Waals surface area contributed by atoms with E-state index in [9.17, 15) is 22.4 Å². The van der Waals surface area contributed by atoms with Crippen molar-refractivity contribution in [3.63, 3.8) is 0 Å². The van der Waals surface area contributed by atoms with E-state index in [0.717, 1.165) is 17.7 Å². The first-order valence-corrected chi connectivity index (χ1v) is 10.4. The van der Waals surface area contributed by atoms with Crippen molar-refractivity contribution >= 4 is 33.0 Å². The van der Waals surface area contributed by atoms with Gasteiger partial charge in [0.2, 0.25) is 11.8 Å². The summed E-state index contributed by atoms with van der Waals surface area (Å²) < 4.78 is 37.0. The van der Waals surface area contributed by atoms with Gasteiger partial charge in [-0.1, -0.05) is 32.9 Å². The predicted molar refractivity (Wildman–Crippen MR) is 107 cm³/mol. The molecule has 8 heteroatoms. The summed E-state index contributed by atoms with van der Waals surface area (Å²) in [6, 6.07) is 12.0. The minimum absolute atomic E-state index is 0.0379. The fraction of sp³-hybridized carbons (Fsp3) is 0.300. The number of rotatable bonds is 6. The van der Waals surface area contributed by atoms with Crippen LogP contribution in [0.25, 0.3) is 0 Å². The Morgan fingerprint density at radius 3 is 1.61 bits per heavy atom. The van der Waals surface area contributed by atoms with Crippen molar-refractivity contribution in [2.45, 2.75) is 26.2 Å². The zero-order valence-corrected chi connectivity index (χ0v) is 16.8. The lowest BCUT2D eigenvalue weighted by molar-refractivity contribution is -0.114. The van der Waals surface area contributed by atoms with Crippen LogP contribution in [0.2, 0.25) is 0 Å². The second-order valence-electron chi connectivity index (χ2n) is 7.46. The van der Waals surface area contributed by atoms with Crippen LogP contribution in [0.5, 0.6) is 0 Å². The van der Waals surface area contributed by atoms with Gasteiger partial charge >= 0.3 is 0 Å². The van der Waals surface area contributed by atoms with Crippen molar-refractivity contribution in [1.82, 2.24) is 0 Å². The fourth-order valence-electron chi connectivity index (χ4n) is 2.43. The lowest BCUT2D eigenvalue weighted by Gasteiger charge is -2.19. The van der Waals surface area contributed by atoms with Crippen LogP contribution in [-0.4, -0.2) is 31.7 Å². The monoisotopic (exact) mass is 406 g/mol. The van der Waals surface area contributed by atoms with Gasteiger partial charge in [0.1, 0.15) is 17.3 Å². The first-order chi connectivity index (χ1) is 12.9. The molecule has 0 aromatic heterocycles. The Morgan fingerprint density at radius 1 is 0.821 bits per heavy atom. The third kappa shape index (κ3) is 6.77. The van der Waals surface area contributed by atoms with Crippen LogP contribution in [-0.2, 0) is 24.8 Å². The van der Waals surface area contributed by atoms with E-state index >= 15 is 0 Å². The molecule has 0 saturated carbocycles. The number of benzene rings is 2. The van der Waals surface area contributed by atoms with Gasteiger partial charge in [0.05, 0.1) is 0 Å². The number of hydrogen-bond donors (Lipinski definition) is 2. The van der Waals surface area contributed by atoms with Crippen molar-refractivity contribution in [1.29, 1.82) is 0 Å². The highest BCUT2D eigenvalue weighted by atomic mass is 32.2. The van der Waals surface area contributed by atoms with Crippen molar-refractivity contribution < 1.29 is 22.4 Å². The van der Waals surface area contributed by atoms with E-state index in [1.165, 1.54) is 12.1 Å². The van der Waals surface area contributed by atoms with E-state index in [-0.39, 0.29) is 11.1 Å². The highest BCUT2D eigenvalue weighted by molar-refractivity contribution is 7.92. The number of amides is 2. The predicted octanol–water partition coefficient (Wildman–Crippen LogP) is 3.12. The smallest absolute Gasteiger partial charge is 0.239 e. The SMILES string of the molecule is CC(C)(C)c1ccc(NC(=O)CS(=O)(=O)CC(=O)Nc2ccc(F)cc2)cc1. The first kappa shape index (κ1) is 21.6. The zero-order valence-electron chi connectivity index (χ0n) is 16.0. The van der Waals surface area contributed by atoms with Crippen LogP contribution in [0.15, 0.2) is 48.5 Å². The summed E-state index contributed by atoms with van der Waals surface area (Å²) in [5, 5.41) is 4.87. The minimum Gasteiger partial charge on any atom is -0.325 e. The van der Waals surface area contributed by atoms with Gasteiger partial charge < -0.3 is 10.6 Å². The molecule has 28 heavy (non-hydrogen) atoms. The zero-order chi connectivity index (χ0) is 20.9. The van der Waals surface area contributed by atoms with Crippen molar-refractivity contribution in [3.05, 3.63) is 59.9 Å². The van der Waals surface area contributed by atoms with Crippen molar-refractivity contribution in [3.8, 4) is 0 Å². The Morgan fingerprint density at radius 2 is 1.21 bits per heavy atom. The van der Waals surface area contributed by atoms with Crippen LogP contribution in [0.1, 0.15) is 26.3 Å². The van der Waals surface area contributed by atoms with Gasteiger partial charge in [0, 0.05) is 11.4 Å². The molecule has 0 aliphatic rings. The van der Waals surface area contributed by atoms with Gasteiger partial charge in [-0.05, 0) is 47.4 Å². The topological polar surface area (TPSA) is 92.3 Å². The Labute approximate surface area is 164 Å². The summed E-state index contributed by atoms with van der Waals surface area (Å²) in [4.78, 5) is 23.9. The summed E-state index contributed by atoms with van der Waals surface area (Å²) in [5.41, 5.74) is 1.79. The molecule has 6 nitrogen and oxygen atoms in total. The van der Waals surface area contributed by atoms with E-state index in [0.29, 0.717) is 5.69 Å². The summed E-state index contributed by atoms with van der Waals surface area (Å²) in [5.74, 6) is -3.66. The molecule has 2 N–H and O–H groups in total. The first-order valence-electron chi connectivity index (χ1n) is 8.61. The maximum absolute atomic E-state index is 12.8. The second kappa shape index (κ2) is 8.52. The number of carbonyl (C=O) groups excluding carboxylic acids is 2. The average Bonchev–Trinajstić information content (AvgIpc) is 2.55. The van der Waals surface area contributed by atoms with Gasteiger partial charge in [-0.15, -0.1) is 0 Å². The lowest BCUT2D eigenvalue weighted by Crippen LogP contribution is -2.30. The van der Waals surface area contributed by atoms with E-state index in [1.807, 2.05) is 12.1 Å². The van der Waals surface area contributed by atoms with Gasteiger partial charge in [-0.2, -0.15) is 0 Å². The van der Waals surface area contributed by atoms with Crippen LogP contribution in [0.4, 0.5) is 15.8 Å². The van der Waals surface area contributed by atoms with E-state index < -0.39 is 39.0 Å². The molecule has 0 spiro atoms. The number of nitrogens with one attached hydrogen (secondary N) is 2. The van der Waals surface area contributed by atoms with Gasteiger partial charge in [0.25, 0.3) is 0 Å². The summed E-state index contributed by atoms with van der Waals surface area (Å²) >= 11 is 0. The quantitative estimate of drug-likeness (QED) is 0.771. The summed E-state index contributed by atoms with van der Waals surface area (Å²) in [6.07, 6.45) is 0. The van der Waals surface area contributed by atoms with Crippen LogP contribution in [0.3, 0.4) is 0 Å². The Bertz CT molecular complexity index is 947. The maximum atomic E-state index is 12.8. The Hall–Kier alpha value is -2.74. The summed E-state index contributed by atoms with van der Waals surface area (Å²) in [7, 11) is -3.96. The number of hydrogen-bond acceptors (Lipinski definition) is 4. The molecule has 0 unspecified atom stereocenters. The highest BCUT2D eigenvalue weighted by Gasteiger charge is 2.21. The second-order valence-corrected chi connectivity index (χ2v) is 9.53. The Kier molecular flexibility index (Phi) is 6.56. The van der Waals surface area contributed by atoms with Gasteiger partial charge in [0.15, 0.2) is 9.84 Å². The molecule has 0 radical (unpaired) electrons. The molecular formula is C20H23FN2O4S. The van der Waals surface area contributed by atoms with Crippen LogP contribution >= 0.6 is 0 Å². The molecule has 0 aliphatic heterocycles. The standard InChI is InChI=1S/C20H23FN2O4S/c1-20(2,3)14-4-8-16(9-5-14)22-18(24)12-28(26,27)13-19(25)23-17-10-6-15(21)7-11-17/h4-11H,12-13H2,1-3H3,(H,22,24)(H,23,25). The van der Waals surface area contributed by atoms with Gasteiger partial charge in [-0.25, -0.2) is 12.8 Å². The van der Waals surface area contributed by atoms with E-state index in [2.05, 4.69) is 31.4 Å². The number of halogens is 1. The molecule has 0 heterocycles. The Balaban J connectivity index is 1.91. The molecule has 0 bridgehead atoms. The van der Waals surface area contributed by atoms with E-state index in [1.54, 1.807) is 12.1 Å². The maximum Gasteiger partial charge on any atom is 0.239 e.